The first-order valence-electron chi connectivity index (χ1n) is 7.80. The number of nitro groups is 1. The van der Waals surface area contributed by atoms with Gasteiger partial charge in [0.15, 0.2) is 0 Å². The zero-order valence-corrected chi connectivity index (χ0v) is 14.9. The topological polar surface area (TPSA) is 115 Å². The fourth-order valence-corrected chi connectivity index (χ4v) is 3.34. The molecule has 0 saturated heterocycles. The van der Waals surface area contributed by atoms with Gasteiger partial charge in [-0.05, 0) is 29.2 Å². The van der Waals surface area contributed by atoms with Crippen molar-refractivity contribution < 1.29 is 13.3 Å². The normalized spacial score (nSPS) is 13.0. The van der Waals surface area contributed by atoms with Crippen LogP contribution in [-0.4, -0.2) is 19.9 Å². The van der Waals surface area contributed by atoms with Gasteiger partial charge in [0, 0.05) is 24.7 Å². The lowest BCUT2D eigenvalue weighted by molar-refractivity contribution is -0.384. The minimum absolute atomic E-state index is 0.0281. The van der Waals surface area contributed by atoms with Crippen molar-refractivity contribution in [2.45, 2.75) is 30.7 Å². The zero-order valence-electron chi connectivity index (χ0n) is 14.0. The van der Waals surface area contributed by atoms with Gasteiger partial charge in [-0.25, -0.2) is 13.1 Å². The predicted octanol–water partition coefficient (Wildman–Crippen LogP) is 2.70. The Kier molecular flexibility index (Phi) is 5.89. The first-order valence-corrected chi connectivity index (χ1v) is 9.28. The largest absolute Gasteiger partial charge is 0.323 e. The second-order valence-corrected chi connectivity index (χ2v) is 7.80. The third-order valence-electron chi connectivity index (χ3n) is 3.88. The maximum Gasteiger partial charge on any atom is 0.269 e. The summed E-state index contributed by atoms with van der Waals surface area (Å²) in [6, 6.07) is 11.9. The number of nitro benzene ring substituents is 1. The van der Waals surface area contributed by atoms with Gasteiger partial charge in [-0.3, -0.25) is 10.1 Å². The summed E-state index contributed by atoms with van der Waals surface area (Å²) in [6.45, 7) is 4.21. The number of non-ortho nitro benzene ring substituents is 1. The van der Waals surface area contributed by atoms with Crippen LogP contribution in [0, 0.1) is 10.1 Å². The van der Waals surface area contributed by atoms with Crippen molar-refractivity contribution in [3.05, 3.63) is 69.8 Å². The SMILES string of the molecule is CC(C)c1ccc([C@@H](N)CNS(=O)(=O)c2ccc([N+](=O)[O-])cc2)cc1. The van der Waals surface area contributed by atoms with E-state index in [9.17, 15) is 18.5 Å². The van der Waals surface area contributed by atoms with Gasteiger partial charge >= 0.3 is 0 Å². The van der Waals surface area contributed by atoms with Crippen LogP contribution in [0.5, 0.6) is 0 Å². The van der Waals surface area contributed by atoms with Gasteiger partial charge in [-0.2, -0.15) is 0 Å². The van der Waals surface area contributed by atoms with E-state index in [2.05, 4.69) is 18.6 Å². The quantitative estimate of drug-likeness (QED) is 0.579. The first kappa shape index (κ1) is 19.0. The van der Waals surface area contributed by atoms with Gasteiger partial charge in [0.1, 0.15) is 0 Å². The number of nitrogens with one attached hydrogen (secondary N) is 1. The Morgan fingerprint density at radius 3 is 2.04 bits per heavy atom. The number of hydrogen-bond acceptors (Lipinski definition) is 5. The van der Waals surface area contributed by atoms with Crippen LogP contribution >= 0.6 is 0 Å². The Balaban J connectivity index is 2.04. The van der Waals surface area contributed by atoms with Gasteiger partial charge in [-0.1, -0.05) is 38.1 Å². The second kappa shape index (κ2) is 7.73. The van der Waals surface area contributed by atoms with Crippen LogP contribution in [-0.2, 0) is 10.0 Å². The molecule has 8 heteroatoms. The standard InChI is InChI=1S/C17H21N3O4S/c1-12(2)13-3-5-14(6-4-13)17(18)11-19-25(23,24)16-9-7-15(8-10-16)20(21)22/h3-10,12,17,19H,11,18H2,1-2H3/t17-/m0/s1. The molecule has 25 heavy (non-hydrogen) atoms. The van der Waals surface area contributed by atoms with Crippen LogP contribution in [0.25, 0.3) is 0 Å². The van der Waals surface area contributed by atoms with Gasteiger partial charge in [-0.15, -0.1) is 0 Å². The van der Waals surface area contributed by atoms with Crippen LogP contribution in [0.2, 0.25) is 0 Å². The Hall–Kier alpha value is -2.29. The number of rotatable bonds is 7. The van der Waals surface area contributed by atoms with Crippen LogP contribution in [0.1, 0.15) is 36.9 Å². The molecular weight excluding hydrogens is 342 g/mol. The smallest absolute Gasteiger partial charge is 0.269 e. The highest BCUT2D eigenvalue weighted by Gasteiger charge is 2.17. The van der Waals surface area contributed by atoms with Gasteiger partial charge in [0.2, 0.25) is 10.0 Å². The van der Waals surface area contributed by atoms with E-state index < -0.39 is 21.0 Å². The number of nitrogens with zero attached hydrogens (tertiary/aromatic N) is 1. The van der Waals surface area contributed by atoms with Crippen molar-refractivity contribution in [3.63, 3.8) is 0 Å². The molecule has 2 aromatic rings. The molecule has 3 N–H and O–H groups in total. The molecule has 0 heterocycles. The lowest BCUT2D eigenvalue weighted by Crippen LogP contribution is -2.32. The lowest BCUT2D eigenvalue weighted by atomic mass is 9.99. The predicted molar refractivity (Wildman–Crippen MR) is 95.7 cm³/mol. The Labute approximate surface area is 147 Å². The Morgan fingerprint density at radius 2 is 1.56 bits per heavy atom. The summed E-state index contributed by atoms with van der Waals surface area (Å²) >= 11 is 0. The van der Waals surface area contributed by atoms with Crippen molar-refractivity contribution in [1.82, 2.24) is 4.72 Å². The van der Waals surface area contributed by atoms with Crippen molar-refractivity contribution in [2.75, 3.05) is 6.54 Å². The van der Waals surface area contributed by atoms with E-state index in [0.29, 0.717) is 5.92 Å². The molecule has 2 rings (SSSR count). The van der Waals surface area contributed by atoms with E-state index in [1.165, 1.54) is 17.7 Å². The molecule has 0 saturated carbocycles. The molecule has 0 radical (unpaired) electrons. The molecule has 1 atom stereocenters. The molecule has 0 amide bonds. The average Bonchev–Trinajstić information content (AvgIpc) is 2.60. The fourth-order valence-electron chi connectivity index (χ4n) is 2.28. The second-order valence-electron chi connectivity index (χ2n) is 6.03. The van der Waals surface area contributed by atoms with Crippen molar-refractivity contribution in [2.24, 2.45) is 5.73 Å². The Bertz CT molecular complexity index is 831. The van der Waals surface area contributed by atoms with Gasteiger partial charge in [0.25, 0.3) is 5.69 Å². The molecule has 0 unspecified atom stereocenters. The summed E-state index contributed by atoms with van der Waals surface area (Å²) in [6.07, 6.45) is 0. The van der Waals surface area contributed by atoms with E-state index in [0.717, 1.165) is 17.7 Å². The van der Waals surface area contributed by atoms with E-state index in [1.807, 2.05) is 24.3 Å². The molecule has 0 aliphatic rings. The molecular formula is C17H21N3O4S. The van der Waals surface area contributed by atoms with Crippen LogP contribution in [0.4, 0.5) is 5.69 Å². The third-order valence-corrected chi connectivity index (χ3v) is 5.32. The van der Waals surface area contributed by atoms with E-state index in [-0.39, 0.29) is 17.1 Å². The van der Waals surface area contributed by atoms with Crippen LogP contribution in [0.3, 0.4) is 0 Å². The number of benzene rings is 2. The molecule has 134 valence electrons. The molecule has 7 nitrogen and oxygen atoms in total. The summed E-state index contributed by atoms with van der Waals surface area (Å²) in [4.78, 5) is 10.00. The highest BCUT2D eigenvalue weighted by atomic mass is 32.2. The van der Waals surface area contributed by atoms with Crippen molar-refractivity contribution in [3.8, 4) is 0 Å². The minimum Gasteiger partial charge on any atom is -0.323 e. The van der Waals surface area contributed by atoms with Crippen LogP contribution < -0.4 is 10.5 Å². The summed E-state index contributed by atoms with van der Waals surface area (Å²) in [7, 11) is -3.78. The third kappa shape index (κ3) is 4.85. The number of sulfonamides is 1. The van der Waals surface area contributed by atoms with Gasteiger partial charge in [0.05, 0.1) is 9.82 Å². The fraction of sp³-hybridized carbons (Fsp3) is 0.294. The summed E-state index contributed by atoms with van der Waals surface area (Å²) < 4.78 is 26.9. The minimum atomic E-state index is -3.78. The highest BCUT2D eigenvalue weighted by molar-refractivity contribution is 7.89. The van der Waals surface area contributed by atoms with Gasteiger partial charge < -0.3 is 5.73 Å². The molecule has 2 aromatic carbocycles. The summed E-state index contributed by atoms with van der Waals surface area (Å²) in [5.74, 6) is 0.408. The average molecular weight is 363 g/mol. The van der Waals surface area contributed by atoms with E-state index >= 15 is 0 Å². The van der Waals surface area contributed by atoms with Crippen molar-refractivity contribution >= 4 is 15.7 Å². The van der Waals surface area contributed by atoms with E-state index in [4.69, 9.17) is 5.73 Å². The van der Waals surface area contributed by atoms with Crippen molar-refractivity contribution in [1.29, 1.82) is 0 Å². The molecule has 0 aliphatic heterocycles. The van der Waals surface area contributed by atoms with Crippen LogP contribution in [0.15, 0.2) is 53.4 Å². The lowest BCUT2D eigenvalue weighted by Gasteiger charge is -2.15. The number of hydrogen-bond donors (Lipinski definition) is 2. The maximum absolute atomic E-state index is 12.3. The summed E-state index contributed by atoms with van der Waals surface area (Å²) in [5, 5.41) is 10.6. The molecule has 0 bridgehead atoms. The zero-order chi connectivity index (χ0) is 18.6. The molecule has 0 fully saturated rings. The first-order chi connectivity index (χ1) is 11.7. The molecule has 0 spiro atoms. The number of nitrogens with two attached hydrogens (primary N) is 1. The summed E-state index contributed by atoms with van der Waals surface area (Å²) in [5.41, 5.74) is 7.90. The monoisotopic (exact) mass is 363 g/mol. The maximum atomic E-state index is 12.3. The Morgan fingerprint density at radius 1 is 1.04 bits per heavy atom. The molecule has 0 aromatic heterocycles. The highest BCUT2D eigenvalue weighted by Crippen LogP contribution is 2.19. The molecule has 0 aliphatic carbocycles. The van der Waals surface area contributed by atoms with E-state index in [1.54, 1.807) is 0 Å².